The number of carbonyl (C=O) groups is 2. The Labute approximate surface area is 205 Å². The summed E-state index contributed by atoms with van der Waals surface area (Å²) in [5, 5.41) is 6.42. The van der Waals surface area contributed by atoms with Crippen molar-refractivity contribution in [2.75, 3.05) is 5.32 Å². The van der Waals surface area contributed by atoms with Gasteiger partial charge in [0.25, 0.3) is 0 Å². The molecule has 1 aliphatic carbocycles. The van der Waals surface area contributed by atoms with Crippen molar-refractivity contribution in [1.82, 2.24) is 9.78 Å². The molecule has 0 fully saturated rings. The van der Waals surface area contributed by atoms with Crippen LogP contribution in [0.15, 0.2) is 48.2 Å². The fraction of sp³-hybridized carbons (Fsp3) is 0.409. The lowest BCUT2D eigenvalue weighted by Gasteiger charge is -2.20. The number of benzene rings is 1. The number of allylic oxidation sites excluding steroid dienone is 2. The fourth-order valence-electron chi connectivity index (χ4n) is 3.22. The highest BCUT2D eigenvalue weighted by Crippen LogP contribution is 2.37. The minimum Gasteiger partial charge on any atom is -0.444 e. The Hall–Kier alpha value is -3.55. The van der Waals surface area contributed by atoms with Crippen LogP contribution in [0.25, 0.3) is 0 Å². The van der Waals surface area contributed by atoms with Crippen LogP contribution in [0.5, 0.6) is 0 Å². The largest absolute Gasteiger partial charge is 0.534 e. The van der Waals surface area contributed by atoms with Gasteiger partial charge in [0.2, 0.25) is 0 Å². The molecule has 0 aliphatic heterocycles. The number of nitrogens with one attached hydrogen (secondary N) is 1. The van der Waals surface area contributed by atoms with E-state index in [0.717, 1.165) is 16.3 Å². The number of aromatic nitrogens is 2. The first-order chi connectivity index (χ1) is 16.6. The number of hydrogen-bond acceptors (Lipinski definition) is 8. The van der Waals surface area contributed by atoms with Crippen molar-refractivity contribution in [2.45, 2.75) is 57.2 Å². The number of anilines is 1. The molecule has 1 heterocycles. The summed E-state index contributed by atoms with van der Waals surface area (Å²) in [4.78, 5) is 25.0. The first-order valence-electron chi connectivity index (χ1n) is 10.7. The first-order valence-corrected chi connectivity index (χ1v) is 12.1. The fourth-order valence-corrected chi connectivity index (χ4v) is 3.73. The van der Waals surface area contributed by atoms with Crippen molar-refractivity contribution in [1.29, 1.82) is 0 Å². The van der Waals surface area contributed by atoms with Crippen molar-refractivity contribution >= 4 is 28.1 Å². The lowest BCUT2D eigenvalue weighted by Crippen LogP contribution is -2.29. The molecule has 0 radical (unpaired) electrons. The molecule has 2 aromatic rings. The monoisotopic (exact) mass is 531 g/mol. The molecule has 196 valence electrons. The summed E-state index contributed by atoms with van der Waals surface area (Å²) in [5.74, 6) is -1.26. The van der Waals surface area contributed by atoms with Crippen LogP contribution in [0.3, 0.4) is 0 Å². The van der Waals surface area contributed by atoms with Crippen LogP contribution in [0, 0.1) is 0 Å². The van der Waals surface area contributed by atoms with E-state index in [1.54, 1.807) is 51.1 Å². The van der Waals surface area contributed by atoms with Gasteiger partial charge in [-0.1, -0.05) is 30.3 Å². The Morgan fingerprint density at radius 2 is 1.83 bits per heavy atom. The molecular weight excluding hydrogens is 507 g/mol. The normalized spacial score (nSPS) is 16.3. The van der Waals surface area contributed by atoms with Gasteiger partial charge in [0, 0.05) is 18.4 Å². The lowest BCUT2D eigenvalue weighted by atomic mass is 10.1. The van der Waals surface area contributed by atoms with Gasteiger partial charge in [-0.2, -0.15) is 26.3 Å². The molecular formula is C22H24F3N3O7S. The third-order valence-corrected chi connectivity index (χ3v) is 5.72. The molecule has 0 spiro atoms. The maximum absolute atomic E-state index is 12.7. The molecule has 10 nitrogen and oxygen atoms in total. The van der Waals surface area contributed by atoms with Crippen LogP contribution in [0.4, 0.5) is 28.6 Å². The van der Waals surface area contributed by atoms with Crippen LogP contribution in [-0.4, -0.2) is 41.5 Å². The van der Waals surface area contributed by atoms with Crippen LogP contribution in [0.2, 0.25) is 0 Å². The van der Waals surface area contributed by atoms with E-state index in [-0.39, 0.29) is 31.0 Å². The number of alkyl halides is 3. The summed E-state index contributed by atoms with van der Waals surface area (Å²) in [6.07, 6.45) is -0.634. The summed E-state index contributed by atoms with van der Waals surface area (Å²) in [5.41, 5.74) is -5.60. The molecule has 1 atom stereocenters. The zero-order chi connectivity index (χ0) is 26.7. The van der Waals surface area contributed by atoms with Crippen molar-refractivity contribution in [2.24, 2.45) is 0 Å². The number of ether oxygens (including phenoxy) is 2. The smallest absolute Gasteiger partial charge is 0.444 e. The van der Waals surface area contributed by atoms with Crippen LogP contribution >= 0.6 is 0 Å². The van der Waals surface area contributed by atoms with Gasteiger partial charge >= 0.3 is 27.8 Å². The van der Waals surface area contributed by atoms with E-state index < -0.39 is 45.1 Å². The summed E-state index contributed by atoms with van der Waals surface area (Å²) in [6, 6.07) is 10.2. The van der Waals surface area contributed by atoms with Crippen molar-refractivity contribution < 1.29 is 44.8 Å². The molecule has 0 bridgehead atoms. The molecule has 1 aliphatic rings. The first kappa shape index (κ1) is 27.0. The third-order valence-electron chi connectivity index (χ3n) is 4.72. The second-order valence-corrected chi connectivity index (χ2v) is 10.3. The van der Waals surface area contributed by atoms with Gasteiger partial charge in [-0.15, -0.1) is 5.10 Å². The van der Waals surface area contributed by atoms with Crippen LogP contribution in [-0.2, 0) is 30.4 Å². The maximum atomic E-state index is 12.7. The minimum atomic E-state index is -5.83. The van der Waals surface area contributed by atoms with Crippen molar-refractivity contribution in [3.8, 4) is 0 Å². The Morgan fingerprint density at radius 3 is 2.44 bits per heavy atom. The van der Waals surface area contributed by atoms with Gasteiger partial charge in [-0.3, -0.25) is 5.32 Å². The molecule has 1 unspecified atom stereocenters. The number of amides is 1. The second-order valence-electron chi connectivity index (χ2n) is 8.79. The van der Waals surface area contributed by atoms with Gasteiger partial charge in [0.05, 0.1) is 5.69 Å². The molecule has 1 aromatic heterocycles. The number of nitrogens with zero attached hydrogens (tertiary/aromatic N) is 2. The van der Waals surface area contributed by atoms with E-state index in [2.05, 4.69) is 14.6 Å². The quantitative estimate of drug-likeness (QED) is 0.406. The van der Waals surface area contributed by atoms with Crippen LogP contribution < -0.4 is 5.32 Å². The number of carbonyl (C=O) groups excluding carboxylic acids is 2. The minimum absolute atomic E-state index is 0.0218. The second kappa shape index (κ2) is 10.2. The predicted molar refractivity (Wildman–Crippen MR) is 120 cm³/mol. The zero-order valence-corrected chi connectivity index (χ0v) is 20.4. The van der Waals surface area contributed by atoms with Gasteiger partial charge in [-0.25, -0.2) is 9.59 Å². The predicted octanol–water partition coefficient (Wildman–Crippen LogP) is 5.04. The molecule has 3 rings (SSSR count). The zero-order valence-electron chi connectivity index (χ0n) is 19.5. The van der Waals surface area contributed by atoms with E-state index in [1.807, 2.05) is 0 Å². The van der Waals surface area contributed by atoms with Crippen molar-refractivity contribution in [3.05, 3.63) is 59.5 Å². The van der Waals surface area contributed by atoms with Crippen LogP contribution in [0.1, 0.15) is 50.8 Å². The van der Waals surface area contributed by atoms with Gasteiger partial charge in [0.15, 0.2) is 5.82 Å². The van der Waals surface area contributed by atoms with E-state index >= 15 is 0 Å². The SMILES string of the molecule is CC(C)(C)OC(=O)n1nc(NC(=O)OCc2ccccc2)cc1C1C=C(OS(=O)(=O)C(F)(F)F)CC1. The molecule has 1 N–H and O–H groups in total. The molecule has 36 heavy (non-hydrogen) atoms. The summed E-state index contributed by atoms with van der Waals surface area (Å²) >= 11 is 0. The Kier molecular flexibility index (Phi) is 7.67. The molecule has 0 saturated heterocycles. The average molecular weight is 532 g/mol. The van der Waals surface area contributed by atoms with E-state index in [1.165, 1.54) is 6.07 Å². The van der Waals surface area contributed by atoms with Gasteiger partial charge < -0.3 is 13.7 Å². The Bertz CT molecular complexity index is 1250. The van der Waals surface area contributed by atoms with E-state index in [4.69, 9.17) is 9.47 Å². The molecule has 1 amide bonds. The van der Waals surface area contributed by atoms with E-state index in [9.17, 15) is 31.2 Å². The topological polar surface area (TPSA) is 126 Å². The van der Waals surface area contributed by atoms with Gasteiger partial charge in [-0.05, 0) is 38.8 Å². The van der Waals surface area contributed by atoms with Crippen molar-refractivity contribution in [3.63, 3.8) is 0 Å². The highest BCUT2D eigenvalue weighted by molar-refractivity contribution is 7.87. The Morgan fingerprint density at radius 1 is 1.17 bits per heavy atom. The highest BCUT2D eigenvalue weighted by atomic mass is 32.2. The number of rotatable bonds is 6. The molecule has 14 heteroatoms. The summed E-state index contributed by atoms with van der Waals surface area (Å²) in [6.45, 7) is 4.85. The lowest BCUT2D eigenvalue weighted by molar-refractivity contribution is -0.0522. The van der Waals surface area contributed by atoms with Gasteiger partial charge in [0.1, 0.15) is 18.0 Å². The Balaban J connectivity index is 1.81. The highest BCUT2D eigenvalue weighted by Gasteiger charge is 2.49. The average Bonchev–Trinajstić information content (AvgIpc) is 3.37. The summed E-state index contributed by atoms with van der Waals surface area (Å²) in [7, 11) is -5.83. The molecule has 0 saturated carbocycles. The maximum Gasteiger partial charge on any atom is 0.534 e. The molecule has 1 aromatic carbocycles. The number of halogens is 3. The summed E-state index contributed by atoms with van der Waals surface area (Å²) < 4.78 is 76.2. The number of hydrogen-bond donors (Lipinski definition) is 1. The third kappa shape index (κ3) is 6.99. The standard InChI is InChI=1S/C22H24F3N3O7S/c1-21(2,3)34-20(30)28-17(15-9-10-16(11-15)35-36(31,32)22(23,24)25)12-18(27-28)26-19(29)33-13-14-7-5-4-6-8-14/h4-8,11-12,15H,9-10,13H2,1-3H3,(H,26,27,29). The van der Waals surface area contributed by atoms with E-state index in [0.29, 0.717) is 0 Å².